The van der Waals surface area contributed by atoms with Crippen molar-refractivity contribution >= 4 is 22.6 Å². The van der Waals surface area contributed by atoms with E-state index in [4.69, 9.17) is 4.98 Å². The first-order chi connectivity index (χ1) is 13.5. The van der Waals surface area contributed by atoms with Crippen molar-refractivity contribution < 1.29 is 4.79 Å². The lowest BCUT2D eigenvalue weighted by atomic mass is 9.86. The minimum Gasteiger partial charge on any atom is -0.338 e. The Bertz CT molecular complexity index is 1180. The van der Waals surface area contributed by atoms with Crippen LogP contribution in [-0.4, -0.2) is 20.9 Å². The van der Waals surface area contributed by atoms with Gasteiger partial charge in [-0.15, -0.1) is 0 Å². The first-order valence-corrected chi connectivity index (χ1v) is 9.34. The van der Waals surface area contributed by atoms with Crippen LogP contribution in [0.15, 0.2) is 67.0 Å². The number of aromatic amines is 1. The number of H-pyrrole nitrogens is 1. The highest BCUT2D eigenvalue weighted by Crippen LogP contribution is 2.44. The molecule has 0 unspecified atom stereocenters. The summed E-state index contributed by atoms with van der Waals surface area (Å²) in [4.78, 5) is 27.3. The van der Waals surface area contributed by atoms with E-state index in [1.54, 1.807) is 12.4 Å². The predicted molar refractivity (Wildman–Crippen MR) is 110 cm³/mol. The molecule has 0 spiro atoms. The average molecular weight is 368 g/mol. The molecule has 0 aliphatic carbocycles. The number of fused-ring (bicyclic) bond motifs is 2. The zero-order valence-corrected chi connectivity index (χ0v) is 15.8. The Labute approximate surface area is 163 Å². The van der Waals surface area contributed by atoms with E-state index < -0.39 is 5.41 Å². The number of aromatic nitrogens is 3. The largest absolute Gasteiger partial charge is 0.338 e. The number of amides is 1. The normalized spacial score (nSPS) is 15.2. The fraction of sp³-hybridized carbons (Fsp3) is 0.174. The second kappa shape index (κ2) is 6.02. The Morgan fingerprint density at radius 1 is 1.04 bits per heavy atom. The molecule has 0 fully saturated rings. The van der Waals surface area contributed by atoms with Gasteiger partial charge in [0.25, 0.3) is 0 Å². The van der Waals surface area contributed by atoms with Crippen LogP contribution in [0.1, 0.15) is 25.0 Å². The molecule has 5 nitrogen and oxygen atoms in total. The third-order valence-electron chi connectivity index (χ3n) is 5.48. The smallest absolute Gasteiger partial charge is 0.237 e. The highest BCUT2D eigenvalue weighted by Gasteiger charge is 2.44. The molecule has 0 saturated carbocycles. The topological polar surface area (TPSA) is 61.9 Å². The Morgan fingerprint density at radius 2 is 1.79 bits per heavy atom. The molecule has 4 aromatic rings. The van der Waals surface area contributed by atoms with Gasteiger partial charge in [-0.3, -0.25) is 9.78 Å². The van der Waals surface area contributed by atoms with Crippen LogP contribution in [0.2, 0.25) is 0 Å². The van der Waals surface area contributed by atoms with E-state index in [-0.39, 0.29) is 5.91 Å². The molecule has 2 aromatic heterocycles. The van der Waals surface area contributed by atoms with Crippen molar-refractivity contribution in [1.82, 2.24) is 15.0 Å². The molecule has 0 bridgehead atoms. The zero-order chi connectivity index (χ0) is 19.3. The number of benzene rings is 2. The highest BCUT2D eigenvalue weighted by atomic mass is 16.2. The molecule has 5 rings (SSSR count). The number of nitrogens with zero attached hydrogens (tertiary/aromatic N) is 3. The van der Waals surface area contributed by atoms with Crippen molar-refractivity contribution in [3.8, 4) is 11.4 Å². The maximum Gasteiger partial charge on any atom is 0.237 e. The monoisotopic (exact) mass is 368 g/mol. The number of imidazole rings is 1. The van der Waals surface area contributed by atoms with Gasteiger partial charge in [0.2, 0.25) is 5.91 Å². The summed E-state index contributed by atoms with van der Waals surface area (Å²) in [6.07, 6.45) is 3.51. The number of rotatable bonds is 3. The van der Waals surface area contributed by atoms with Crippen LogP contribution in [0.3, 0.4) is 0 Å². The van der Waals surface area contributed by atoms with Gasteiger partial charge in [-0.25, -0.2) is 4.98 Å². The van der Waals surface area contributed by atoms with E-state index in [2.05, 4.69) is 16.0 Å². The summed E-state index contributed by atoms with van der Waals surface area (Å²) in [7, 11) is 0. The highest BCUT2D eigenvalue weighted by molar-refractivity contribution is 6.09. The summed E-state index contributed by atoms with van der Waals surface area (Å²) in [5.41, 5.74) is 5.30. The van der Waals surface area contributed by atoms with Crippen molar-refractivity contribution in [3.63, 3.8) is 0 Å². The summed E-state index contributed by atoms with van der Waals surface area (Å²) >= 11 is 0. The lowest BCUT2D eigenvalue weighted by molar-refractivity contribution is -0.122. The SMILES string of the molecule is CC1(C)C(=O)N(Cc2ccccc2)c2cc3nc(-c4ccncc4)[nH]c3cc21. The first-order valence-electron chi connectivity index (χ1n) is 9.34. The number of pyridine rings is 1. The molecular weight excluding hydrogens is 348 g/mol. The second-order valence-electron chi connectivity index (χ2n) is 7.71. The number of carbonyl (C=O) groups is 1. The van der Waals surface area contributed by atoms with E-state index in [1.807, 2.05) is 67.3 Å². The van der Waals surface area contributed by atoms with Gasteiger partial charge in [0.05, 0.1) is 28.7 Å². The first kappa shape index (κ1) is 16.7. The van der Waals surface area contributed by atoms with Crippen molar-refractivity contribution in [1.29, 1.82) is 0 Å². The molecule has 1 amide bonds. The fourth-order valence-electron chi connectivity index (χ4n) is 3.90. The van der Waals surface area contributed by atoms with Crippen molar-refractivity contribution in [3.05, 3.63) is 78.1 Å². The molecule has 1 aliphatic heterocycles. The van der Waals surface area contributed by atoms with Gasteiger partial charge in [0.15, 0.2) is 0 Å². The molecule has 0 atom stereocenters. The number of hydrogen-bond acceptors (Lipinski definition) is 3. The van der Waals surface area contributed by atoms with Gasteiger partial charge in [-0.05, 0) is 49.2 Å². The van der Waals surface area contributed by atoms with E-state index in [0.717, 1.165) is 39.2 Å². The molecule has 0 radical (unpaired) electrons. The number of hydrogen-bond donors (Lipinski definition) is 1. The van der Waals surface area contributed by atoms with E-state index in [9.17, 15) is 4.79 Å². The van der Waals surface area contributed by atoms with Crippen molar-refractivity contribution in [2.45, 2.75) is 25.8 Å². The molecule has 5 heteroatoms. The van der Waals surface area contributed by atoms with Gasteiger partial charge in [0.1, 0.15) is 5.82 Å². The Morgan fingerprint density at radius 3 is 2.54 bits per heavy atom. The predicted octanol–water partition coefficient (Wildman–Crippen LogP) is 4.45. The summed E-state index contributed by atoms with van der Waals surface area (Å²) in [6, 6.07) is 18.0. The van der Waals surface area contributed by atoms with E-state index >= 15 is 0 Å². The van der Waals surface area contributed by atoms with Crippen LogP contribution in [0.4, 0.5) is 5.69 Å². The van der Waals surface area contributed by atoms with E-state index in [1.165, 1.54) is 0 Å². The summed E-state index contributed by atoms with van der Waals surface area (Å²) in [5, 5.41) is 0. The third-order valence-corrected chi connectivity index (χ3v) is 5.48. The molecule has 1 N–H and O–H groups in total. The number of nitrogens with one attached hydrogen (secondary N) is 1. The molecule has 28 heavy (non-hydrogen) atoms. The Hall–Kier alpha value is -3.47. The molecular formula is C23H20N4O. The molecule has 2 aromatic carbocycles. The second-order valence-corrected chi connectivity index (χ2v) is 7.71. The summed E-state index contributed by atoms with van der Waals surface area (Å²) < 4.78 is 0. The Balaban J connectivity index is 1.63. The third kappa shape index (κ3) is 2.51. The van der Waals surface area contributed by atoms with Crippen molar-refractivity contribution in [2.24, 2.45) is 0 Å². The van der Waals surface area contributed by atoms with Crippen molar-refractivity contribution in [2.75, 3.05) is 4.90 Å². The standard InChI is InChI=1S/C23H20N4O/c1-23(2)17-12-18-19(26-21(25-18)16-8-10-24-11-9-16)13-20(17)27(22(23)28)14-15-6-4-3-5-7-15/h3-13H,14H2,1-2H3,(H,25,26). The quantitative estimate of drug-likeness (QED) is 0.581. The van der Waals surface area contributed by atoms with Crippen LogP contribution >= 0.6 is 0 Å². The van der Waals surface area contributed by atoms with Crippen LogP contribution < -0.4 is 4.90 Å². The minimum absolute atomic E-state index is 0.119. The molecule has 1 aliphatic rings. The Kier molecular flexibility index (Phi) is 3.59. The molecule has 3 heterocycles. The van der Waals surface area contributed by atoms with Gasteiger partial charge >= 0.3 is 0 Å². The average Bonchev–Trinajstić information content (AvgIpc) is 3.21. The van der Waals surface area contributed by atoms with Crippen LogP contribution in [0.25, 0.3) is 22.4 Å². The fourth-order valence-corrected chi connectivity index (χ4v) is 3.90. The van der Waals surface area contributed by atoms with Crippen LogP contribution in [-0.2, 0) is 16.8 Å². The lowest BCUT2D eigenvalue weighted by Gasteiger charge is -2.20. The number of carbonyl (C=O) groups excluding carboxylic acids is 1. The summed E-state index contributed by atoms with van der Waals surface area (Å²) in [5.74, 6) is 0.924. The summed E-state index contributed by atoms with van der Waals surface area (Å²) in [6.45, 7) is 4.54. The van der Waals surface area contributed by atoms with Gasteiger partial charge in [-0.2, -0.15) is 0 Å². The molecule has 0 saturated heterocycles. The van der Waals surface area contributed by atoms with E-state index in [0.29, 0.717) is 6.54 Å². The lowest BCUT2D eigenvalue weighted by Crippen LogP contribution is -2.35. The van der Waals surface area contributed by atoms with Crippen LogP contribution in [0.5, 0.6) is 0 Å². The molecule has 138 valence electrons. The maximum absolute atomic E-state index is 13.2. The van der Waals surface area contributed by atoms with Gasteiger partial charge in [0, 0.05) is 18.0 Å². The zero-order valence-electron chi connectivity index (χ0n) is 15.8. The maximum atomic E-state index is 13.2. The van der Waals surface area contributed by atoms with Gasteiger partial charge in [-0.1, -0.05) is 30.3 Å². The number of anilines is 1. The van der Waals surface area contributed by atoms with Gasteiger partial charge < -0.3 is 9.88 Å². The van der Waals surface area contributed by atoms with Crippen LogP contribution in [0, 0.1) is 0 Å². The minimum atomic E-state index is -0.569.